The molecule has 2 N–H and O–H groups in total. The predicted octanol–water partition coefficient (Wildman–Crippen LogP) is 2.49. The molecule has 0 amide bonds. The third-order valence-corrected chi connectivity index (χ3v) is 3.94. The van der Waals surface area contributed by atoms with Crippen LogP contribution in [0.2, 0.25) is 0 Å². The Balaban J connectivity index is 2.02. The number of carbonyl (C=O) groups is 1. The van der Waals surface area contributed by atoms with Gasteiger partial charge in [-0.2, -0.15) is 0 Å². The van der Waals surface area contributed by atoms with Crippen molar-refractivity contribution in [3.63, 3.8) is 0 Å². The molecule has 1 heterocycles. The van der Waals surface area contributed by atoms with Crippen LogP contribution in [0.25, 0.3) is 0 Å². The lowest BCUT2D eigenvalue weighted by atomic mass is 10.1. The molecule has 1 aliphatic heterocycles. The molecule has 0 aromatic heterocycles. The Morgan fingerprint density at radius 1 is 1.16 bits per heavy atom. The quantitative estimate of drug-likeness (QED) is 0.599. The molecule has 1 unspecified atom stereocenters. The Kier molecular flexibility index (Phi) is 8.84. The second kappa shape index (κ2) is 10.2. The van der Waals surface area contributed by atoms with E-state index < -0.39 is 5.97 Å². The van der Waals surface area contributed by atoms with Crippen LogP contribution in [0, 0.1) is 0 Å². The van der Waals surface area contributed by atoms with Gasteiger partial charge in [-0.3, -0.25) is 9.69 Å². The zero-order chi connectivity index (χ0) is 13.9. The SMILES string of the molecule is CCCCCCCCCCN1CCNCC1C(=O)O. The predicted molar refractivity (Wildman–Crippen MR) is 78.5 cm³/mol. The van der Waals surface area contributed by atoms with Gasteiger partial charge in [0.2, 0.25) is 0 Å². The number of rotatable bonds is 10. The van der Waals surface area contributed by atoms with Crippen LogP contribution in [0.3, 0.4) is 0 Å². The highest BCUT2D eigenvalue weighted by Gasteiger charge is 2.27. The molecular weight excluding hydrogens is 240 g/mol. The Labute approximate surface area is 117 Å². The van der Waals surface area contributed by atoms with Gasteiger partial charge in [-0.15, -0.1) is 0 Å². The van der Waals surface area contributed by atoms with E-state index in [0.29, 0.717) is 6.54 Å². The molecule has 0 aromatic rings. The number of hydrogen-bond donors (Lipinski definition) is 2. The summed E-state index contributed by atoms with van der Waals surface area (Å²) in [5.74, 6) is -0.688. The maximum absolute atomic E-state index is 11.1. The fraction of sp³-hybridized carbons (Fsp3) is 0.933. The first kappa shape index (κ1) is 16.4. The summed E-state index contributed by atoms with van der Waals surface area (Å²) >= 11 is 0. The first-order valence-electron chi connectivity index (χ1n) is 7.93. The highest BCUT2D eigenvalue weighted by Crippen LogP contribution is 2.10. The Bertz CT molecular complexity index is 246. The average molecular weight is 270 g/mol. The third kappa shape index (κ3) is 6.92. The average Bonchev–Trinajstić information content (AvgIpc) is 2.42. The maximum Gasteiger partial charge on any atom is 0.322 e. The second-order valence-corrected chi connectivity index (χ2v) is 5.57. The van der Waals surface area contributed by atoms with E-state index in [0.717, 1.165) is 26.1 Å². The zero-order valence-corrected chi connectivity index (χ0v) is 12.4. The van der Waals surface area contributed by atoms with Crippen molar-refractivity contribution in [1.29, 1.82) is 0 Å². The molecular formula is C15H30N2O2. The summed E-state index contributed by atoms with van der Waals surface area (Å²) < 4.78 is 0. The van der Waals surface area contributed by atoms with E-state index in [2.05, 4.69) is 17.1 Å². The van der Waals surface area contributed by atoms with E-state index in [9.17, 15) is 4.79 Å². The molecule has 1 aliphatic rings. The van der Waals surface area contributed by atoms with Gasteiger partial charge in [0, 0.05) is 19.6 Å². The summed E-state index contributed by atoms with van der Waals surface area (Å²) in [4.78, 5) is 13.2. The first-order chi connectivity index (χ1) is 9.25. The summed E-state index contributed by atoms with van der Waals surface area (Å²) in [7, 11) is 0. The number of hydrogen-bond acceptors (Lipinski definition) is 3. The fourth-order valence-corrected chi connectivity index (χ4v) is 2.71. The Morgan fingerprint density at radius 2 is 1.79 bits per heavy atom. The van der Waals surface area contributed by atoms with Gasteiger partial charge >= 0.3 is 5.97 Å². The van der Waals surface area contributed by atoms with E-state index in [1.54, 1.807) is 0 Å². The standard InChI is InChI=1S/C15H30N2O2/c1-2-3-4-5-6-7-8-9-11-17-12-10-16-13-14(17)15(18)19/h14,16H,2-13H2,1H3,(H,18,19). The van der Waals surface area contributed by atoms with Crippen LogP contribution >= 0.6 is 0 Å². The van der Waals surface area contributed by atoms with Crippen molar-refractivity contribution in [2.24, 2.45) is 0 Å². The normalized spacial score (nSPS) is 20.6. The Hall–Kier alpha value is -0.610. The number of piperazine rings is 1. The highest BCUT2D eigenvalue weighted by molar-refractivity contribution is 5.73. The smallest absolute Gasteiger partial charge is 0.322 e. The molecule has 1 atom stereocenters. The summed E-state index contributed by atoms with van der Waals surface area (Å²) in [5, 5.41) is 12.3. The fourth-order valence-electron chi connectivity index (χ4n) is 2.71. The number of nitrogens with zero attached hydrogens (tertiary/aromatic N) is 1. The molecule has 0 aromatic carbocycles. The minimum Gasteiger partial charge on any atom is -0.480 e. The Morgan fingerprint density at radius 3 is 2.42 bits per heavy atom. The topological polar surface area (TPSA) is 52.6 Å². The van der Waals surface area contributed by atoms with Crippen LogP contribution in [-0.4, -0.2) is 48.2 Å². The molecule has 19 heavy (non-hydrogen) atoms. The minimum absolute atomic E-state index is 0.321. The molecule has 0 saturated carbocycles. The van der Waals surface area contributed by atoms with Crippen LogP contribution in [0.5, 0.6) is 0 Å². The van der Waals surface area contributed by atoms with E-state index >= 15 is 0 Å². The largest absolute Gasteiger partial charge is 0.480 e. The van der Waals surface area contributed by atoms with Crippen LogP contribution in [0.4, 0.5) is 0 Å². The van der Waals surface area contributed by atoms with Gasteiger partial charge in [-0.05, 0) is 13.0 Å². The van der Waals surface area contributed by atoms with Crippen molar-refractivity contribution < 1.29 is 9.90 Å². The highest BCUT2D eigenvalue weighted by atomic mass is 16.4. The van der Waals surface area contributed by atoms with Crippen LogP contribution in [0.1, 0.15) is 58.3 Å². The van der Waals surface area contributed by atoms with Crippen LogP contribution in [-0.2, 0) is 4.79 Å². The van der Waals surface area contributed by atoms with Crippen molar-refractivity contribution in [2.45, 2.75) is 64.3 Å². The molecule has 4 heteroatoms. The van der Waals surface area contributed by atoms with Crippen LogP contribution in [0.15, 0.2) is 0 Å². The molecule has 0 radical (unpaired) electrons. The maximum atomic E-state index is 11.1. The van der Waals surface area contributed by atoms with Crippen molar-refractivity contribution >= 4 is 5.97 Å². The number of unbranched alkanes of at least 4 members (excludes halogenated alkanes) is 7. The lowest BCUT2D eigenvalue weighted by Crippen LogP contribution is -2.55. The van der Waals surface area contributed by atoms with Gasteiger partial charge in [0.1, 0.15) is 6.04 Å². The van der Waals surface area contributed by atoms with E-state index in [4.69, 9.17) is 5.11 Å². The second-order valence-electron chi connectivity index (χ2n) is 5.57. The van der Waals surface area contributed by atoms with Gasteiger partial charge in [0.05, 0.1) is 0 Å². The minimum atomic E-state index is -0.688. The first-order valence-corrected chi connectivity index (χ1v) is 7.93. The van der Waals surface area contributed by atoms with Gasteiger partial charge in [-0.1, -0.05) is 51.9 Å². The van der Waals surface area contributed by atoms with Crippen molar-refractivity contribution in [1.82, 2.24) is 10.2 Å². The van der Waals surface area contributed by atoms with Gasteiger partial charge in [-0.25, -0.2) is 0 Å². The monoisotopic (exact) mass is 270 g/mol. The van der Waals surface area contributed by atoms with Crippen LogP contribution < -0.4 is 5.32 Å². The molecule has 1 fully saturated rings. The van der Waals surface area contributed by atoms with E-state index in [1.807, 2.05) is 0 Å². The third-order valence-electron chi connectivity index (χ3n) is 3.94. The molecule has 1 rings (SSSR count). The summed E-state index contributed by atoms with van der Waals surface area (Å²) in [5.41, 5.74) is 0. The molecule has 4 nitrogen and oxygen atoms in total. The number of aliphatic carboxylic acids is 1. The lowest BCUT2D eigenvalue weighted by Gasteiger charge is -2.33. The van der Waals surface area contributed by atoms with Gasteiger partial charge in [0.15, 0.2) is 0 Å². The summed E-state index contributed by atoms with van der Waals surface area (Å²) in [6.45, 7) is 5.56. The number of nitrogens with one attached hydrogen (secondary N) is 1. The van der Waals surface area contributed by atoms with Crippen molar-refractivity contribution in [3.05, 3.63) is 0 Å². The molecule has 0 bridgehead atoms. The van der Waals surface area contributed by atoms with Crippen molar-refractivity contribution in [3.8, 4) is 0 Å². The summed E-state index contributed by atoms with van der Waals surface area (Å²) in [6, 6.07) is -0.321. The van der Waals surface area contributed by atoms with Gasteiger partial charge in [0.25, 0.3) is 0 Å². The summed E-state index contributed by atoms with van der Waals surface area (Å²) in [6.07, 6.45) is 10.4. The zero-order valence-electron chi connectivity index (χ0n) is 12.4. The van der Waals surface area contributed by atoms with E-state index in [1.165, 1.54) is 44.9 Å². The van der Waals surface area contributed by atoms with Gasteiger partial charge < -0.3 is 10.4 Å². The molecule has 0 aliphatic carbocycles. The molecule has 112 valence electrons. The van der Waals surface area contributed by atoms with Crippen molar-refractivity contribution in [2.75, 3.05) is 26.2 Å². The number of carboxylic acids is 1. The molecule has 0 spiro atoms. The lowest BCUT2D eigenvalue weighted by molar-refractivity contribution is -0.143. The molecule has 1 saturated heterocycles. The van der Waals surface area contributed by atoms with E-state index in [-0.39, 0.29) is 6.04 Å². The number of carboxylic acid groups (broad SMARTS) is 1.